The topological polar surface area (TPSA) is 17.8 Å². The van der Waals surface area contributed by atoms with Gasteiger partial charge in [0, 0.05) is 6.54 Å². The van der Waals surface area contributed by atoms with E-state index in [1.54, 1.807) is 0 Å². The molecule has 1 heterocycles. The average molecular weight is 307 g/mol. The lowest BCUT2D eigenvalue weighted by molar-refractivity contribution is 0.389. The van der Waals surface area contributed by atoms with Crippen molar-refractivity contribution in [1.29, 1.82) is 0 Å². The van der Waals surface area contributed by atoms with Crippen LogP contribution in [0.15, 0.2) is 18.2 Å². The molecule has 0 bridgehead atoms. The molecule has 0 N–H and O–H groups in total. The maximum atomic E-state index is 6.37. The van der Waals surface area contributed by atoms with Gasteiger partial charge in [-0.1, -0.05) is 39.2 Å². The fourth-order valence-corrected chi connectivity index (χ4v) is 3.10. The van der Waals surface area contributed by atoms with E-state index in [4.69, 9.17) is 16.6 Å². The van der Waals surface area contributed by atoms with Gasteiger partial charge < -0.3 is 4.57 Å². The normalized spacial score (nSPS) is 14.5. The Morgan fingerprint density at radius 1 is 1.29 bits per heavy atom. The molecule has 1 aromatic carbocycles. The minimum absolute atomic E-state index is 0.0543. The van der Waals surface area contributed by atoms with Crippen LogP contribution in [0.1, 0.15) is 63.2 Å². The predicted molar refractivity (Wildman–Crippen MR) is 92.0 cm³/mol. The summed E-state index contributed by atoms with van der Waals surface area (Å²) in [5.74, 6) is 1.71. The second-order valence-corrected chi connectivity index (χ2v) is 6.76. The molecular weight excluding hydrogens is 280 g/mol. The van der Waals surface area contributed by atoms with Crippen molar-refractivity contribution in [2.24, 2.45) is 5.92 Å². The molecule has 2 rings (SSSR count). The number of nitrogens with zero attached hydrogens (tertiary/aromatic N) is 2. The number of halogens is 1. The van der Waals surface area contributed by atoms with Gasteiger partial charge in [0.15, 0.2) is 0 Å². The molecule has 0 saturated carbocycles. The van der Waals surface area contributed by atoms with E-state index in [2.05, 4.69) is 43.5 Å². The zero-order valence-electron chi connectivity index (χ0n) is 13.7. The lowest BCUT2D eigenvalue weighted by Gasteiger charge is -2.18. The molecule has 0 aliphatic rings. The number of hydrogen-bond acceptors (Lipinski definition) is 1. The molecule has 0 spiro atoms. The Morgan fingerprint density at radius 2 is 2.05 bits per heavy atom. The summed E-state index contributed by atoms with van der Waals surface area (Å²) >= 11 is 6.37. The summed E-state index contributed by atoms with van der Waals surface area (Å²) in [5.41, 5.74) is 3.54. The van der Waals surface area contributed by atoms with Crippen molar-refractivity contribution in [1.82, 2.24) is 9.55 Å². The molecule has 2 nitrogen and oxygen atoms in total. The molecule has 0 amide bonds. The molecule has 0 aliphatic heterocycles. The van der Waals surface area contributed by atoms with Crippen molar-refractivity contribution in [2.45, 2.75) is 65.3 Å². The summed E-state index contributed by atoms with van der Waals surface area (Å²) in [6.45, 7) is 9.70. The molecule has 1 aromatic heterocycles. The van der Waals surface area contributed by atoms with E-state index in [0.717, 1.165) is 17.9 Å². The van der Waals surface area contributed by atoms with Gasteiger partial charge in [-0.25, -0.2) is 4.98 Å². The van der Waals surface area contributed by atoms with Crippen LogP contribution in [0.2, 0.25) is 0 Å². The van der Waals surface area contributed by atoms with Crippen molar-refractivity contribution in [3.8, 4) is 0 Å². The number of imidazole rings is 1. The molecule has 2 atom stereocenters. The van der Waals surface area contributed by atoms with Gasteiger partial charge in [-0.3, -0.25) is 0 Å². The summed E-state index contributed by atoms with van der Waals surface area (Å²) in [5, 5.41) is -0.0543. The standard InChI is InChI=1S/C18H27ClN2/c1-5-7-8-15(6-2)12-21-17-10-9-13(3)11-16(17)20-18(21)14(4)19/h9-11,14-15H,5-8,12H2,1-4H3. The van der Waals surface area contributed by atoms with E-state index >= 15 is 0 Å². The zero-order chi connectivity index (χ0) is 15.4. The number of unbranched alkanes of at least 4 members (excludes halogenated alkanes) is 1. The molecule has 2 aromatic rings. The number of fused-ring (bicyclic) bond motifs is 1. The lowest BCUT2D eigenvalue weighted by atomic mass is 9.99. The monoisotopic (exact) mass is 306 g/mol. The third-order valence-electron chi connectivity index (χ3n) is 4.27. The third-order valence-corrected chi connectivity index (χ3v) is 4.47. The molecule has 3 heteroatoms. The number of aromatic nitrogens is 2. The Balaban J connectivity index is 2.37. The minimum Gasteiger partial charge on any atom is -0.326 e. The van der Waals surface area contributed by atoms with Gasteiger partial charge in [0.2, 0.25) is 0 Å². The van der Waals surface area contributed by atoms with Crippen LogP contribution in [0, 0.1) is 12.8 Å². The third kappa shape index (κ3) is 3.79. The fraction of sp³-hybridized carbons (Fsp3) is 0.611. The van der Waals surface area contributed by atoms with Crippen molar-refractivity contribution >= 4 is 22.6 Å². The van der Waals surface area contributed by atoms with E-state index in [-0.39, 0.29) is 5.38 Å². The number of hydrogen-bond donors (Lipinski definition) is 0. The molecule has 116 valence electrons. The fourth-order valence-electron chi connectivity index (χ4n) is 2.93. The average Bonchev–Trinajstić information content (AvgIpc) is 2.81. The van der Waals surface area contributed by atoms with Gasteiger partial charge in [0.05, 0.1) is 16.4 Å². The Labute approximate surface area is 133 Å². The highest BCUT2D eigenvalue weighted by molar-refractivity contribution is 6.20. The Hall–Kier alpha value is -1.02. The first-order chi connectivity index (χ1) is 10.1. The maximum Gasteiger partial charge on any atom is 0.127 e. The van der Waals surface area contributed by atoms with E-state index in [9.17, 15) is 0 Å². The van der Waals surface area contributed by atoms with Crippen LogP contribution >= 0.6 is 11.6 Å². The number of aryl methyl sites for hydroxylation is 1. The van der Waals surface area contributed by atoms with Crippen LogP contribution in [-0.4, -0.2) is 9.55 Å². The minimum atomic E-state index is -0.0543. The highest BCUT2D eigenvalue weighted by Crippen LogP contribution is 2.27. The molecule has 2 unspecified atom stereocenters. The number of benzene rings is 1. The van der Waals surface area contributed by atoms with Gasteiger partial charge in [0.25, 0.3) is 0 Å². The van der Waals surface area contributed by atoms with Crippen LogP contribution in [-0.2, 0) is 6.54 Å². The highest BCUT2D eigenvalue weighted by Gasteiger charge is 2.17. The van der Waals surface area contributed by atoms with E-state index in [0.29, 0.717) is 5.92 Å². The SMILES string of the molecule is CCCCC(CC)Cn1c(C(C)Cl)nc2cc(C)ccc21. The predicted octanol–water partition coefficient (Wildman–Crippen LogP) is 5.86. The first-order valence-electron chi connectivity index (χ1n) is 8.17. The largest absolute Gasteiger partial charge is 0.326 e. The second-order valence-electron chi connectivity index (χ2n) is 6.11. The Kier molecular flexibility index (Phi) is 5.69. The molecule has 0 fully saturated rings. The maximum absolute atomic E-state index is 6.37. The van der Waals surface area contributed by atoms with E-state index in [1.165, 1.54) is 36.8 Å². The summed E-state index contributed by atoms with van der Waals surface area (Å²) in [4.78, 5) is 4.77. The van der Waals surface area contributed by atoms with Crippen molar-refractivity contribution in [3.05, 3.63) is 29.6 Å². The summed E-state index contributed by atoms with van der Waals surface area (Å²) in [6.07, 6.45) is 5.06. The molecule has 0 radical (unpaired) electrons. The second kappa shape index (κ2) is 7.31. The van der Waals surface area contributed by atoms with Crippen molar-refractivity contribution < 1.29 is 0 Å². The highest BCUT2D eigenvalue weighted by atomic mass is 35.5. The summed E-state index contributed by atoms with van der Waals surface area (Å²) in [6, 6.07) is 6.50. The van der Waals surface area contributed by atoms with Crippen LogP contribution in [0.5, 0.6) is 0 Å². The smallest absolute Gasteiger partial charge is 0.127 e. The van der Waals surface area contributed by atoms with Gasteiger partial charge in [-0.15, -0.1) is 11.6 Å². The zero-order valence-corrected chi connectivity index (χ0v) is 14.5. The molecule has 0 saturated heterocycles. The quantitative estimate of drug-likeness (QED) is 0.586. The molecule has 21 heavy (non-hydrogen) atoms. The number of rotatable bonds is 7. The van der Waals surface area contributed by atoms with Gasteiger partial charge >= 0.3 is 0 Å². The Bertz CT molecular complexity index is 586. The van der Waals surface area contributed by atoms with Gasteiger partial charge in [-0.05, 0) is 43.9 Å². The molecular formula is C18H27ClN2. The van der Waals surface area contributed by atoms with Crippen LogP contribution in [0.25, 0.3) is 11.0 Å². The summed E-state index contributed by atoms with van der Waals surface area (Å²) < 4.78 is 2.34. The lowest BCUT2D eigenvalue weighted by Crippen LogP contribution is -2.13. The van der Waals surface area contributed by atoms with Crippen LogP contribution in [0.3, 0.4) is 0 Å². The van der Waals surface area contributed by atoms with E-state index in [1.807, 2.05) is 6.92 Å². The Morgan fingerprint density at radius 3 is 2.67 bits per heavy atom. The van der Waals surface area contributed by atoms with Gasteiger partial charge in [0.1, 0.15) is 5.82 Å². The summed E-state index contributed by atoms with van der Waals surface area (Å²) in [7, 11) is 0. The number of alkyl halides is 1. The van der Waals surface area contributed by atoms with Crippen LogP contribution < -0.4 is 0 Å². The first-order valence-corrected chi connectivity index (χ1v) is 8.61. The van der Waals surface area contributed by atoms with Gasteiger partial charge in [-0.2, -0.15) is 0 Å². The van der Waals surface area contributed by atoms with Crippen molar-refractivity contribution in [2.75, 3.05) is 0 Å². The first kappa shape index (κ1) is 16.4. The van der Waals surface area contributed by atoms with E-state index < -0.39 is 0 Å². The van der Waals surface area contributed by atoms with Crippen molar-refractivity contribution in [3.63, 3.8) is 0 Å². The molecule has 0 aliphatic carbocycles. The van der Waals surface area contributed by atoms with Crippen LogP contribution in [0.4, 0.5) is 0 Å².